The Balaban J connectivity index is 1.51. The largest absolute Gasteiger partial charge is 0.506 e. The van der Waals surface area contributed by atoms with Crippen molar-refractivity contribution in [2.45, 2.75) is 13.3 Å². The highest BCUT2D eigenvalue weighted by Gasteiger charge is 2.39. The first-order valence-corrected chi connectivity index (χ1v) is 10.6. The Kier molecular flexibility index (Phi) is 6.15. The Morgan fingerprint density at radius 2 is 1.61 bits per heavy atom. The third kappa shape index (κ3) is 4.31. The van der Waals surface area contributed by atoms with Crippen molar-refractivity contribution in [2.24, 2.45) is 0 Å². The minimum absolute atomic E-state index is 0.0287. The number of carbonyl (C=O) groups excluding carboxylic acids is 3. The molecule has 0 saturated carbocycles. The normalized spacial score (nSPS) is 13.5. The van der Waals surface area contributed by atoms with Gasteiger partial charge in [0.1, 0.15) is 16.5 Å². The van der Waals surface area contributed by atoms with E-state index in [1.807, 2.05) is 19.1 Å². The maximum atomic E-state index is 13.0. The van der Waals surface area contributed by atoms with Gasteiger partial charge in [-0.25, -0.2) is 4.90 Å². The molecule has 1 heterocycles. The molecule has 8 heteroatoms. The maximum absolute atomic E-state index is 13.0. The molecule has 1 aliphatic heterocycles. The van der Waals surface area contributed by atoms with Crippen molar-refractivity contribution in [1.29, 1.82) is 0 Å². The Morgan fingerprint density at radius 1 is 0.939 bits per heavy atom. The van der Waals surface area contributed by atoms with Gasteiger partial charge in [0.15, 0.2) is 0 Å². The molecule has 33 heavy (non-hydrogen) atoms. The highest BCUT2D eigenvalue weighted by molar-refractivity contribution is 6.53. The van der Waals surface area contributed by atoms with E-state index in [9.17, 15) is 19.5 Å². The summed E-state index contributed by atoms with van der Waals surface area (Å²) in [7, 11) is 0. The fourth-order valence-corrected chi connectivity index (χ4v) is 3.69. The molecule has 166 valence electrons. The van der Waals surface area contributed by atoms with Crippen molar-refractivity contribution < 1.29 is 19.5 Å². The van der Waals surface area contributed by atoms with E-state index in [4.69, 9.17) is 11.6 Å². The van der Waals surface area contributed by atoms with Gasteiger partial charge in [-0.15, -0.1) is 0 Å². The molecule has 0 bridgehead atoms. The van der Waals surface area contributed by atoms with Crippen molar-refractivity contribution in [3.05, 3.63) is 94.7 Å². The van der Waals surface area contributed by atoms with Crippen LogP contribution in [0.15, 0.2) is 83.5 Å². The van der Waals surface area contributed by atoms with Crippen LogP contribution in [0.1, 0.15) is 22.8 Å². The number of para-hydroxylation sites is 3. The molecule has 3 N–H and O–H groups in total. The summed E-state index contributed by atoms with van der Waals surface area (Å²) in [5.41, 5.74) is 2.44. The highest BCUT2D eigenvalue weighted by atomic mass is 35.5. The van der Waals surface area contributed by atoms with Crippen molar-refractivity contribution in [3.63, 3.8) is 0 Å². The summed E-state index contributed by atoms with van der Waals surface area (Å²) in [6, 6.07) is 19.9. The first-order chi connectivity index (χ1) is 15.9. The van der Waals surface area contributed by atoms with Crippen LogP contribution in [0.2, 0.25) is 0 Å². The monoisotopic (exact) mass is 461 g/mol. The van der Waals surface area contributed by atoms with E-state index in [1.165, 1.54) is 6.07 Å². The number of phenolic OH excluding ortho intramolecular Hbond substituents is 1. The van der Waals surface area contributed by atoms with Crippen LogP contribution in [0, 0.1) is 0 Å². The van der Waals surface area contributed by atoms with Gasteiger partial charge in [0, 0.05) is 11.3 Å². The summed E-state index contributed by atoms with van der Waals surface area (Å²) in [5.74, 6) is -1.59. The van der Waals surface area contributed by atoms with Crippen molar-refractivity contribution in [3.8, 4) is 5.75 Å². The molecule has 0 radical (unpaired) electrons. The summed E-state index contributed by atoms with van der Waals surface area (Å²) < 4.78 is 0. The molecule has 7 nitrogen and oxygen atoms in total. The van der Waals surface area contributed by atoms with Crippen LogP contribution in [0.3, 0.4) is 0 Å². The zero-order valence-corrected chi connectivity index (χ0v) is 18.4. The van der Waals surface area contributed by atoms with Crippen LogP contribution in [0.25, 0.3) is 0 Å². The molecule has 0 saturated heterocycles. The molecular formula is C25H20ClN3O4. The van der Waals surface area contributed by atoms with Crippen LogP contribution in [0.5, 0.6) is 5.75 Å². The second-order valence-corrected chi connectivity index (χ2v) is 7.67. The summed E-state index contributed by atoms with van der Waals surface area (Å²) >= 11 is 6.22. The maximum Gasteiger partial charge on any atom is 0.283 e. The lowest BCUT2D eigenvalue weighted by Gasteiger charge is -2.18. The number of carbonyl (C=O) groups is 3. The van der Waals surface area contributed by atoms with Gasteiger partial charge < -0.3 is 15.7 Å². The van der Waals surface area contributed by atoms with Gasteiger partial charge in [0.2, 0.25) is 0 Å². The second-order valence-electron chi connectivity index (χ2n) is 7.29. The van der Waals surface area contributed by atoms with E-state index in [0.29, 0.717) is 29.0 Å². The number of halogens is 1. The fourth-order valence-electron chi connectivity index (χ4n) is 3.48. The molecule has 0 aromatic heterocycles. The number of hydrogen-bond donors (Lipinski definition) is 3. The minimum Gasteiger partial charge on any atom is -0.506 e. The average molecular weight is 462 g/mol. The number of phenols is 1. The first-order valence-electron chi connectivity index (χ1n) is 10.2. The quantitative estimate of drug-likeness (QED) is 0.367. The number of rotatable bonds is 6. The van der Waals surface area contributed by atoms with E-state index in [2.05, 4.69) is 10.6 Å². The number of imide groups is 1. The topological polar surface area (TPSA) is 98.7 Å². The third-order valence-corrected chi connectivity index (χ3v) is 5.56. The van der Waals surface area contributed by atoms with Crippen molar-refractivity contribution >= 4 is 46.4 Å². The van der Waals surface area contributed by atoms with E-state index >= 15 is 0 Å². The predicted molar refractivity (Wildman–Crippen MR) is 127 cm³/mol. The number of aromatic hydroxyl groups is 1. The predicted octanol–water partition coefficient (Wildman–Crippen LogP) is 4.64. The third-order valence-electron chi connectivity index (χ3n) is 5.21. The smallest absolute Gasteiger partial charge is 0.283 e. The molecule has 4 rings (SSSR count). The van der Waals surface area contributed by atoms with Crippen LogP contribution in [-0.2, 0) is 16.0 Å². The van der Waals surface area contributed by atoms with Gasteiger partial charge in [-0.05, 0) is 54.4 Å². The summed E-state index contributed by atoms with van der Waals surface area (Å²) in [6.07, 6.45) is 0.651. The number of benzene rings is 3. The van der Waals surface area contributed by atoms with E-state index in [1.54, 1.807) is 54.6 Å². The van der Waals surface area contributed by atoms with Gasteiger partial charge >= 0.3 is 0 Å². The van der Waals surface area contributed by atoms with Gasteiger partial charge in [-0.2, -0.15) is 0 Å². The molecule has 0 atom stereocenters. The molecule has 1 aliphatic rings. The fraction of sp³-hybridized carbons (Fsp3) is 0.0800. The lowest BCUT2D eigenvalue weighted by molar-refractivity contribution is -0.120. The SMILES string of the molecule is CCc1ccccc1N1C(=O)C(Cl)=C(Nc2ccc(C(=O)Nc3ccccc3O)cc2)C1=O. The molecule has 0 aliphatic carbocycles. The van der Waals surface area contributed by atoms with Crippen LogP contribution in [-0.4, -0.2) is 22.8 Å². The summed E-state index contributed by atoms with van der Waals surface area (Å²) in [6.45, 7) is 1.94. The molecule has 3 aromatic carbocycles. The molecule has 0 fully saturated rings. The van der Waals surface area contributed by atoms with E-state index in [0.717, 1.165) is 10.5 Å². The summed E-state index contributed by atoms with van der Waals surface area (Å²) in [4.78, 5) is 39.3. The van der Waals surface area contributed by atoms with Crippen molar-refractivity contribution in [1.82, 2.24) is 0 Å². The van der Waals surface area contributed by atoms with Gasteiger partial charge in [-0.3, -0.25) is 14.4 Å². The Bertz CT molecular complexity index is 1280. The van der Waals surface area contributed by atoms with E-state index in [-0.39, 0.29) is 16.5 Å². The Hall–Kier alpha value is -4.10. The first kappa shape index (κ1) is 22.1. The van der Waals surface area contributed by atoms with Gasteiger partial charge in [0.25, 0.3) is 17.7 Å². The standard InChI is InChI=1S/C25H20ClN3O4/c1-2-15-7-3-5-9-19(15)29-24(32)21(26)22(25(29)33)27-17-13-11-16(12-14-17)23(31)28-18-8-4-6-10-20(18)30/h3-14,27,30H,2H2,1H3,(H,28,31). The highest BCUT2D eigenvalue weighted by Crippen LogP contribution is 2.32. The zero-order valence-electron chi connectivity index (χ0n) is 17.6. The number of amides is 3. The van der Waals surface area contributed by atoms with Crippen molar-refractivity contribution in [2.75, 3.05) is 15.5 Å². The van der Waals surface area contributed by atoms with Gasteiger partial charge in [0.05, 0.1) is 11.4 Å². The number of anilines is 3. The zero-order chi connectivity index (χ0) is 23.5. The molecular weight excluding hydrogens is 442 g/mol. The van der Waals surface area contributed by atoms with E-state index < -0.39 is 17.7 Å². The number of nitrogens with one attached hydrogen (secondary N) is 2. The number of hydrogen-bond acceptors (Lipinski definition) is 5. The van der Waals surface area contributed by atoms with Crippen LogP contribution < -0.4 is 15.5 Å². The molecule has 0 spiro atoms. The van der Waals surface area contributed by atoms with Crippen LogP contribution in [0.4, 0.5) is 17.1 Å². The Morgan fingerprint density at radius 3 is 2.30 bits per heavy atom. The number of aryl methyl sites for hydroxylation is 1. The number of nitrogens with zero attached hydrogens (tertiary/aromatic N) is 1. The Labute approximate surface area is 195 Å². The molecule has 3 amide bonds. The van der Waals surface area contributed by atoms with Crippen LogP contribution >= 0.6 is 11.6 Å². The molecule has 3 aromatic rings. The minimum atomic E-state index is -0.594. The summed E-state index contributed by atoms with van der Waals surface area (Å²) in [5, 5.41) is 15.1. The lowest BCUT2D eigenvalue weighted by atomic mass is 10.1. The average Bonchev–Trinajstić information content (AvgIpc) is 3.04. The lowest BCUT2D eigenvalue weighted by Crippen LogP contribution is -2.33. The van der Waals surface area contributed by atoms with Gasteiger partial charge in [-0.1, -0.05) is 48.9 Å². The second kappa shape index (κ2) is 9.18. The molecule has 0 unspecified atom stereocenters.